The number of likely N-dealkylation sites (N-methyl/N-ethyl adjacent to an activating group) is 1. The zero-order chi connectivity index (χ0) is 18.3. The topological polar surface area (TPSA) is 43.9 Å². The number of hydrogen-bond acceptors (Lipinski definition) is 3. The van der Waals surface area contributed by atoms with Crippen LogP contribution in [0.3, 0.4) is 0 Å². The van der Waals surface area contributed by atoms with Gasteiger partial charge in [-0.3, -0.25) is 9.59 Å². The number of carbonyl (C=O) groups is 2. The number of rotatable bonds is 3. The Balaban J connectivity index is 1.67. The van der Waals surface area contributed by atoms with Crippen LogP contribution in [0.2, 0.25) is 5.02 Å². The van der Waals surface area contributed by atoms with Gasteiger partial charge in [-0.2, -0.15) is 0 Å². The third kappa shape index (κ3) is 2.81. The summed E-state index contributed by atoms with van der Waals surface area (Å²) < 4.78 is 0. The highest BCUT2D eigenvalue weighted by atomic mass is 35.5. The van der Waals surface area contributed by atoms with Crippen molar-refractivity contribution in [3.8, 4) is 0 Å². The molecule has 2 atom stereocenters. The monoisotopic (exact) mass is 375 g/mol. The molecule has 0 unspecified atom stereocenters. The Hall–Kier alpha value is -1.59. The van der Waals surface area contributed by atoms with Crippen molar-refractivity contribution in [3.63, 3.8) is 0 Å². The molecule has 0 radical (unpaired) electrons. The van der Waals surface area contributed by atoms with Crippen LogP contribution >= 0.6 is 11.6 Å². The van der Waals surface area contributed by atoms with Gasteiger partial charge < -0.3 is 14.7 Å². The standard InChI is InChI=1S/C20H26ClN3O2/c1-2-22-9-11-23(12-10-22)19(26)20(16-5-3-4-6-17(16)21)13-15-7-8-18(25)24(15)14-20/h3-6,15H,2,7-14H2,1H3/t15-,20-/m0/s1. The molecule has 140 valence electrons. The smallest absolute Gasteiger partial charge is 0.235 e. The fraction of sp³-hybridized carbons (Fsp3) is 0.600. The molecule has 0 bridgehead atoms. The SMILES string of the molecule is CCN1CCN(C(=O)[C@@]2(c3ccccc3Cl)C[C@@H]3CCC(=O)N3C2)CC1. The summed E-state index contributed by atoms with van der Waals surface area (Å²) in [5, 5.41) is 0.627. The normalized spacial score (nSPS) is 29.3. The summed E-state index contributed by atoms with van der Waals surface area (Å²) >= 11 is 6.53. The Kier molecular flexibility index (Phi) is 4.70. The van der Waals surface area contributed by atoms with Gasteiger partial charge in [0.15, 0.2) is 0 Å². The Morgan fingerprint density at radius 3 is 2.62 bits per heavy atom. The second-order valence-corrected chi connectivity index (χ2v) is 8.11. The fourth-order valence-electron chi connectivity index (χ4n) is 4.86. The Morgan fingerprint density at radius 2 is 1.96 bits per heavy atom. The van der Waals surface area contributed by atoms with E-state index in [2.05, 4.69) is 11.8 Å². The highest BCUT2D eigenvalue weighted by Crippen LogP contribution is 2.46. The number of piperazine rings is 1. The number of carbonyl (C=O) groups excluding carboxylic acids is 2. The number of halogens is 1. The van der Waals surface area contributed by atoms with Crippen LogP contribution in [-0.4, -0.2) is 71.8 Å². The first-order valence-corrected chi connectivity index (χ1v) is 9.99. The summed E-state index contributed by atoms with van der Waals surface area (Å²) in [4.78, 5) is 32.3. The maximum atomic E-state index is 13.7. The van der Waals surface area contributed by atoms with Crippen LogP contribution in [0.1, 0.15) is 31.7 Å². The number of benzene rings is 1. The minimum absolute atomic E-state index is 0.142. The number of fused-ring (bicyclic) bond motifs is 1. The van der Waals surface area contributed by atoms with Gasteiger partial charge in [0.2, 0.25) is 11.8 Å². The van der Waals surface area contributed by atoms with Gasteiger partial charge in [-0.1, -0.05) is 36.7 Å². The molecular weight excluding hydrogens is 350 g/mol. The van der Waals surface area contributed by atoms with E-state index in [0.29, 0.717) is 24.4 Å². The third-order valence-electron chi connectivity index (χ3n) is 6.38. The first-order valence-electron chi connectivity index (χ1n) is 9.61. The van der Waals surface area contributed by atoms with Crippen LogP contribution in [0, 0.1) is 0 Å². The van der Waals surface area contributed by atoms with Gasteiger partial charge in [0.05, 0.1) is 5.41 Å². The third-order valence-corrected chi connectivity index (χ3v) is 6.71. The number of nitrogens with zero attached hydrogens (tertiary/aromatic N) is 3. The van der Waals surface area contributed by atoms with Crippen molar-refractivity contribution in [1.82, 2.24) is 14.7 Å². The molecule has 6 heteroatoms. The molecule has 0 saturated carbocycles. The van der Waals surface area contributed by atoms with Gasteiger partial charge in [-0.25, -0.2) is 0 Å². The molecule has 3 heterocycles. The van der Waals surface area contributed by atoms with Crippen molar-refractivity contribution < 1.29 is 9.59 Å². The van der Waals surface area contributed by atoms with Crippen molar-refractivity contribution in [2.24, 2.45) is 0 Å². The highest BCUT2D eigenvalue weighted by Gasteiger charge is 2.55. The van der Waals surface area contributed by atoms with Crippen LogP contribution < -0.4 is 0 Å². The summed E-state index contributed by atoms with van der Waals surface area (Å²) in [6.45, 7) is 6.95. The van der Waals surface area contributed by atoms with E-state index >= 15 is 0 Å². The van der Waals surface area contributed by atoms with E-state index in [4.69, 9.17) is 11.6 Å². The molecule has 5 nitrogen and oxygen atoms in total. The minimum atomic E-state index is -0.701. The van der Waals surface area contributed by atoms with Crippen molar-refractivity contribution in [3.05, 3.63) is 34.9 Å². The van der Waals surface area contributed by atoms with E-state index in [1.165, 1.54) is 0 Å². The lowest BCUT2D eigenvalue weighted by Gasteiger charge is -2.40. The minimum Gasteiger partial charge on any atom is -0.339 e. The molecule has 0 aromatic heterocycles. The summed E-state index contributed by atoms with van der Waals surface area (Å²) in [6, 6.07) is 7.82. The lowest BCUT2D eigenvalue weighted by atomic mass is 9.76. The molecule has 1 aromatic carbocycles. The van der Waals surface area contributed by atoms with Crippen LogP contribution in [0.15, 0.2) is 24.3 Å². The van der Waals surface area contributed by atoms with Gasteiger partial charge in [0.1, 0.15) is 0 Å². The summed E-state index contributed by atoms with van der Waals surface area (Å²) in [5.41, 5.74) is 0.180. The Morgan fingerprint density at radius 1 is 1.23 bits per heavy atom. The van der Waals surface area contributed by atoms with Crippen LogP contribution in [0.4, 0.5) is 0 Å². The molecule has 3 aliphatic rings. The van der Waals surface area contributed by atoms with Gasteiger partial charge in [-0.15, -0.1) is 0 Å². The molecule has 3 saturated heterocycles. The summed E-state index contributed by atoms with van der Waals surface area (Å²) in [5.74, 6) is 0.316. The molecule has 2 amide bonds. The van der Waals surface area contributed by atoms with Crippen LogP contribution in [0.5, 0.6) is 0 Å². The van der Waals surface area contributed by atoms with E-state index in [-0.39, 0.29) is 17.9 Å². The predicted molar refractivity (Wildman–Crippen MR) is 101 cm³/mol. The van der Waals surface area contributed by atoms with Crippen molar-refractivity contribution in [2.45, 2.75) is 37.6 Å². The Bertz CT molecular complexity index is 717. The van der Waals surface area contributed by atoms with E-state index in [1.807, 2.05) is 34.1 Å². The highest BCUT2D eigenvalue weighted by molar-refractivity contribution is 6.31. The number of amides is 2. The molecule has 3 aliphatic heterocycles. The van der Waals surface area contributed by atoms with E-state index in [0.717, 1.165) is 44.7 Å². The average molecular weight is 376 g/mol. The summed E-state index contributed by atoms with van der Waals surface area (Å²) in [6.07, 6.45) is 2.14. The van der Waals surface area contributed by atoms with Gasteiger partial charge in [0.25, 0.3) is 0 Å². The Labute approximate surface area is 159 Å². The van der Waals surface area contributed by atoms with E-state index in [9.17, 15) is 9.59 Å². The molecule has 26 heavy (non-hydrogen) atoms. The summed E-state index contributed by atoms with van der Waals surface area (Å²) in [7, 11) is 0. The quantitative estimate of drug-likeness (QED) is 0.813. The molecule has 0 aliphatic carbocycles. The van der Waals surface area contributed by atoms with Crippen molar-refractivity contribution in [2.75, 3.05) is 39.3 Å². The molecule has 1 aromatic rings. The molecule has 0 spiro atoms. The van der Waals surface area contributed by atoms with Gasteiger partial charge in [-0.05, 0) is 31.0 Å². The molecule has 0 N–H and O–H groups in total. The van der Waals surface area contributed by atoms with Crippen molar-refractivity contribution >= 4 is 23.4 Å². The zero-order valence-corrected chi connectivity index (χ0v) is 16.0. The first kappa shape index (κ1) is 17.8. The van der Waals surface area contributed by atoms with Gasteiger partial charge >= 0.3 is 0 Å². The fourth-order valence-corrected chi connectivity index (χ4v) is 5.18. The molecule has 3 fully saturated rings. The zero-order valence-electron chi connectivity index (χ0n) is 15.3. The molecular formula is C20H26ClN3O2. The van der Waals surface area contributed by atoms with Crippen LogP contribution in [-0.2, 0) is 15.0 Å². The molecule has 4 rings (SSSR count). The van der Waals surface area contributed by atoms with E-state index < -0.39 is 5.41 Å². The van der Waals surface area contributed by atoms with Crippen LogP contribution in [0.25, 0.3) is 0 Å². The largest absolute Gasteiger partial charge is 0.339 e. The predicted octanol–water partition coefficient (Wildman–Crippen LogP) is 2.14. The lowest BCUT2D eigenvalue weighted by molar-refractivity contribution is -0.139. The second kappa shape index (κ2) is 6.86. The van der Waals surface area contributed by atoms with E-state index in [1.54, 1.807) is 0 Å². The van der Waals surface area contributed by atoms with Crippen molar-refractivity contribution in [1.29, 1.82) is 0 Å². The van der Waals surface area contributed by atoms with Gasteiger partial charge in [0, 0.05) is 50.2 Å². The second-order valence-electron chi connectivity index (χ2n) is 7.71. The number of hydrogen-bond donors (Lipinski definition) is 0. The maximum absolute atomic E-state index is 13.7. The lowest BCUT2D eigenvalue weighted by Crippen LogP contribution is -2.55. The maximum Gasteiger partial charge on any atom is 0.235 e. The average Bonchev–Trinajstić information content (AvgIpc) is 3.21. The first-order chi connectivity index (χ1) is 12.5.